The van der Waals surface area contributed by atoms with Crippen molar-refractivity contribution in [3.05, 3.63) is 59.1 Å². The third-order valence-corrected chi connectivity index (χ3v) is 3.68. The molecule has 2 aromatic carbocycles. The topological polar surface area (TPSA) is 40.5 Å². The molecule has 0 radical (unpaired) electrons. The van der Waals surface area contributed by atoms with E-state index < -0.39 is 0 Å². The number of benzene rings is 2. The molecule has 1 N–H and O–H groups in total. The lowest BCUT2D eigenvalue weighted by molar-refractivity contribution is -0.116. The summed E-state index contributed by atoms with van der Waals surface area (Å²) >= 11 is 9.33. The Morgan fingerprint density at radius 3 is 2.45 bits per heavy atom. The summed E-state index contributed by atoms with van der Waals surface area (Å²) in [6.07, 6.45) is 0. The molecule has 0 saturated heterocycles. The van der Waals surface area contributed by atoms with Crippen molar-refractivity contribution in [1.82, 2.24) is 0 Å². The van der Waals surface area contributed by atoms with Crippen LogP contribution in [0.5, 0.6) is 5.75 Å². The van der Waals surface area contributed by atoms with E-state index in [2.05, 4.69) is 15.9 Å². The van der Waals surface area contributed by atoms with E-state index in [1.54, 1.807) is 35.2 Å². The predicted octanol–water partition coefficient (Wildman–Crippen LogP) is 3.97. The van der Waals surface area contributed by atoms with Crippen LogP contribution in [0.15, 0.2) is 48.5 Å². The van der Waals surface area contributed by atoms with Crippen LogP contribution >= 0.6 is 27.5 Å². The summed E-state index contributed by atoms with van der Waals surface area (Å²) in [7, 11) is 0. The summed E-state index contributed by atoms with van der Waals surface area (Å²) in [6, 6.07) is 14.1. The van der Waals surface area contributed by atoms with Gasteiger partial charge in [0.25, 0.3) is 0 Å². The zero-order valence-electron chi connectivity index (χ0n) is 10.6. The standard InChI is InChI=1S/C15H13BrClNO2/c16-9-15(20)18(13-7-3-2-6-12(13)17)10-11-5-1-4-8-14(11)19/h1-8,19H,9-10H2. The van der Waals surface area contributed by atoms with Gasteiger partial charge in [0.1, 0.15) is 5.75 Å². The highest BCUT2D eigenvalue weighted by atomic mass is 79.9. The van der Waals surface area contributed by atoms with Crippen LogP contribution in [-0.4, -0.2) is 16.3 Å². The number of aromatic hydroxyl groups is 1. The zero-order valence-corrected chi connectivity index (χ0v) is 12.9. The van der Waals surface area contributed by atoms with Gasteiger partial charge in [-0.05, 0) is 18.2 Å². The maximum atomic E-state index is 12.1. The van der Waals surface area contributed by atoms with Gasteiger partial charge in [-0.25, -0.2) is 0 Å². The summed E-state index contributed by atoms with van der Waals surface area (Å²) in [5.74, 6) is 0.0354. The molecule has 0 fully saturated rings. The van der Waals surface area contributed by atoms with E-state index >= 15 is 0 Å². The predicted molar refractivity (Wildman–Crippen MR) is 84.5 cm³/mol. The van der Waals surface area contributed by atoms with Crippen molar-refractivity contribution in [2.75, 3.05) is 10.2 Å². The maximum absolute atomic E-state index is 12.1. The number of anilines is 1. The van der Waals surface area contributed by atoms with Crippen LogP contribution in [0.25, 0.3) is 0 Å². The Kier molecular flexibility index (Phi) is 5.04. The van der Waals surface area contributed by atoms with Crippen molar-refractivity contribution >= 4 is 39.1 Å². The molecule has 0 bridgehead atoms. The van der Waals surface area contributed by atoms with Gasteiger partial charge < -0.3 is 10.0 Å². The smallest absolute Gasteiger partial charge is 0.237 e. The molecule has 0 atom stereocenters. The van der Waals surface area contributed by atoms with Gasteiger partial charge in [0.05, 0.1) is 22.6 Å². The van der Waals surface area contributed by atoms with E-state index in [0.717, 1.165) is 0 Å². The van der Waals surface area contributed by atoms with E-state index in [1.807, 2.05) is 18.2 Å². The minimum atomic E-state index is -0.124. The molecule has 2 rings (SSSR count). The van der Waals surface area contributed by atoms with Gasteiger partial charge in [-0.1, -0.05) is 57.9 Å². The molecule has 104 valence electrons. The van der Waals surface area contributed by atoms with Gasteiger partial charge in [-0.15, -0.1) is 0 Å². The van der Waals surface area contributed by atoms with Gasteiger partial charge in [-0.3, -0.25) is 4.79 Å². The molecule has 0 aliphatic carbocycles. The maximum Gasteiger partial charge on any atom is 0.237 e. The molecule has 1 amide bonds. The van der Waals surface area contributed by atoms with Crippen molar-refractivity contribution in [1.29, 1.82) is 0 Å². The zero-order chi connectivity index (χ0) is 14.5. The van der Waals surface area contributed by atoms with Crippen LogP contribution in [0.1, 0.15) is 5.56 Å². The highest BCUT2D eigenvalue weighted by molar-refractivity contribution is 9.09. The fraction of sp³-hybridized carbons (Fsp3) is 0.133. The Bertz CT molecular complexity index is 618. The molecule has 0 aliphatic heterocycles. The number of para-hydroxylation sites is 2. The largest absolute Gasteiger partial charge is 0.508 e. The number of nitrogens with zero attached hydrogens (tertiary/aromatic N) is 1. The van der Waals surface area contributed by atoms with Crippen molar-refractivity contribution in [3.8, 4) is 5.75 Å². The first-order chi connectivity index (χ1) is 9.63. The van der Waals surface area contributed by atoms with E-state index in [1.165, 1.54) is 0 Å². The minimum absolute atomic E-state index is 0.124. The third kappa shape index (κ3) is 3.32. The lowest BCUT2D eigenvalue weighted by Crippen LogP contribution is -2.31. The van der Waals surface area contributed by atoms with Crippen molar-refractivity contribution < 1.29 is 9.90 Å². The Labute approximate surface area is 130 Å². The summed E-state index contributed by atoms with van der Waals surface area (Å²) in [5, 5.41) is 10.5. The lowest BCUT2D eigenvalue weighted by atomic mass is 10.1. The summed E-state index contributed by atoms with van der Waals surface area (Å²) in [4.78, 5) is 13.7. The number of carbonyl (C=O) groups is 1. The number of rotatable bonds is 4. The molecule has 5 heteroatoms. The minimum Gasteiger partial charge on any atom is -0.508 e. The van der Waals surface area contributed by atoms with Gasteiger partial charge in [-0.2, -0.15) is 0 Å². The van der Waals surface area contributed by atoms with Gasteiger partial charge in [0.2, 0.25) is 5.91 Å². The Morgan fingerprint density at radius 2 is 1.80 bits per heavy atom. The Balaban J connectivity index is 2.37. The molecule has 20 heavy (non-hydrogen) atoms. The normalized spacial score (nSPS) is 10.3. The first-order valence-electron chi connectivity index (χ1n) is 6.01. The molecule has 0 heterocycles. The third-order valence-electron chi connectivity index (χ3n) is 2.88. The van der Waals surface area contributed by atoms with Crippen LogP contribution in [0.4, 0.5) is 5.69 Å². The fourth-order valence-corrected chi connectivity index (χ4v) is 2.41. The lowest BCUT2D eigenvalue weighted by Gasteiger charge is -2.23. The van der Waals surface area contributed by atoms with E-state index in [-0.39, 0.29) is 23.5 Å². The summed E-state index contributed by atoms with van der Waals surface area (Å²) in [5.41, 5.74) is 1.29. The van der Waals surface area contributed by atoms with Crippen LogP contribution in [-0.2, 0) is 11.3 Å². The molecule has 0 unspecified atom stereocenters. The number of hydrogen-bond donors (Lipinski definition) is 1. The number of phenols is 1. The molecule has 0 saturated carbocycles. The molecule has 3 nitrogen and oxygen atoms in total. The Hall–Kier alpha value is -1.52. The van der Waals surface area contributed by atoms with Crippen LogP contribution in [0.3, 0.4) is 0 Å². The van der Waals surface area contributed by atoms with Gasteiger partial charge in [0, 0.05) is 5.56 Å². The number of carbonyl (C=O) groups excluding carboxylic acids is 1. The number of phenolic OH excluding ortho intramolecular Hbond substituents is 1. The quantitative estimate of drug-likeness (QED) is 0.844. The van der Waals surface area contributed by atoms with Gasteiger partial charge >= 0.3 is 0 Å². The second-order valence-electron chi connectivity index (χ2n) is 4.19. The summed E-state index contributed by atoms with van der Waals surface area (Å²) in [6.45, 7) is 0.265. The van der Waals surface area contributed by atoms with E-state index in [0.29, 0.717) is 16.3 Å². The Morgan fingerprint density at radius 1 is 1.15 bits per heavy atom. The fourth-order valence-electron chi connectivity index (χ4n) is 1.87. The van der Waals surface area contributed by atoms with Crippen LogP contribution in [0, 0.1) is 0 Å². The molecule has 0 aliphatic rings. The van der Waals surface area contributed by atoms with E-state index in [9.17, 15) is 9.90 Å². The number of halogens is 2. The average Bonchev–Trinajstić information content (AvgIpc) is 2.47. The van der Waals surface area contributed by atoms with Crippen LogP contribution < -0.4 is 4.90 Å². The molecular weight excluding hydrogens is 342 g/mol. The second kappa shape index (κ2) is 6.77. The van der Waals surface area contributed by atoms with Gasteiger partial charge in [0.15, 0.2) is 0 Å². The number of amides is 1. The second-order valence-corrected chi connectivity index (χ2v) is 5.16. The molecule has 0 aromatic heterocycles. The number of alkyl halides is 1. The molecule has 2 aromatic rings. The molecular formula is C15H13BrClNO2. The highest BCUT2D eigenvalue weighted by Crippen LogP contribution is 2.28. The highest BCUT2D eigenvalue weighted by Gasteiger charge is 2.18. The van der Waals surface area contributed by atoms with Crippen molar-refractivity contribution in [3.63, 3.8) is 0 Å². The first-order valence-corrected chi connectivity index (χ1v) is 7.51. The van der Waals surface area contributed by atoms with Crippen LogP contribution in [0.2, 0.25) is 5.02 Å². The molecule has 0 spiro atoms. The van der Waals surface area contributed by atoms with E-state index in [4.69, 9.17) is 11.6 Å². The number of hydrogen-bond acceptors (Lipinski definition) is 2. The first kappa shape index (κ1) is 14.9. The summed E-state index contributed by atoms with van der Waals surface area (Å²) < 4.78 is 0. The SMILES string of the molecule is O=C(CBr)N(Cc1ccccc1O)c1ccccc1Cl. The average molecular weight is 355 g/mol. The van der Waals surface area contributed by atoms with Crippen molar-refractivity contribution in [2.24, 2.45) is 0 Å². The monoisotopic (exact) mass is 353 g/mol. The van der Waals surface area contributed by atoms with Crippen molar-refractivity contribution in [2.45, 2.75) is 6.54 Å².